The minimum atomic E-state index is -0.823. The Morgan fingerprint density at radius 3 is 2.81 bits per heavy atom. The molecule has 2 rings (SSSR count). The molecule has 112 valence electrons. The lowest BCUT2D eigenvalue weighted by Crippen LogP contribution is -2.18. The maximum Gasteiger partial charge on any atom is 0.277 e. The minimum absolute atomic E-state index is 0.0697. The summed E-state index contributed by atoms with van der Waals surface area (Å²) >= 11 is 0. The first-order chi connectivity index (χ1) is 9.99. The van der Waals surface area contributed by atoms with Gasteiger partial charge in [0.1, 0.15) is 0 Å². The lowest BCUT2D eigenvalue weighted by Gasteiger charge is -2.16. The second-order valence-corrected chi connectivity index (χ2v) is 6.48. The highest BCUT2D eigenvalue weighted by molar-refractivity contribution is 7.84. The summed E-state index contributed by atoms with van der Waals surface area (Å²) in [6, 6.07) is 4.96. The van der Waals surface area contributed by atoms with Crippen LogP contribution in [0.3, 0.4) is 0 Å². The van der Waals surface area contributed by atoms with Gasteiger partial charge >= 0.3 is 0 Å². The monoisotopic (exact) mass is 307 g/mol. The maximum atomic E-state index is 11.1. The lowest BCUT2D eigenvalue weighted by atomic mass is 10.1. The summed E-state index contributed by atoms with van der Waals surface area (Å²) in [5, 5.41) is 15.6. The number of nitrogens with zero attached hydrogens (tertiary/aromatic N) is 2. The summed E-state index contributed by atoms with van der Waals surface area (Å²) < 4.78 is 11.1. The van der Waals surface area contributed by atoms with Gasteiger partial charge in [-0.3, -0.25) is 19.3 Å². The predicted octanol–water partition coefficient (Wildman–Crippen LogP) is 2.71. The summed E-state index contributed by atoms with van der Waals surface area (Å²) in [5.41, 5.74) is 0.873. The van der Waals surface area contributed by atoms with E-state index in [1.54, 1.807) is 30.8 Å². The Morgan fingerprint density at radius 2 is 2.14 bits per heavy atom. The predicted molar refractivity (Wildman–Crippen MR) is 85.0 cm³/mol. The molecule has 1 heterocycles. The SMILES string of the molecule is CC(CCS(C)=O)Nc1ccc([N+](=O)[O-])c2ccncc12. The largest absolute Gasteiger partial charge is 0.382 e. The van der Waals surface area contributed by atoms with Crippen LogP contribution in [0, 0.1) is 10.1 Å². The van der Waals surface area contributed by atoms with Crippen molar-refractivity contribution in [2.75, 3.05) is 17.3 Å². The van der Waals surface area contributed by atoms with Crippen LogP contribution in [-0.4, -0.2) is 32.2 Å². The molecular formula is C14H17N3O3S. The van der Waals surface area contributed by atoms with Gasteiger partial charge in [0.25, 0.3) is 5.69 Å². The smallest absolute Gasteiger partial charge is 0.277 e. The van der Waals surface area contributed by atoms with Crippen LogP contribution in [0.15, 0.2) is 30.6 Å². The van der Waals surface area contributed by atoms with Crippen LogP contribution in [0.2, 0.25) is 0 Å². The number of anilines is 1. The first-order valence-electron chi connectivity index (χ1n) is 6.56. The molecule has 0 aliphatic carbocycles. The van der Waals surface area contributed by atoms with Crippen LogP contribution >= 0.6 is 0 Å². The molecule has 7 heteroatoms. The number of nitrogens with one attached hydrogen (secondary N) is 1. The molecule has 1 aromatic carbocycles. The molecule has 0 saturated heterocycles. The summed E-state index contributed by atoms with van der Waals surface area (Å²) in [7, 11) is -0.823. The van der Waals surface area contributed by atoms with Crippen molar-refractivity contribution in [3.8, 4) is 0 Å². The highest BCUT2D eigenvalue weighted by atomic mass is 32.2. The van der Waals surface area contributed by atoms with E-state index in [4.69, 9.17) is 0 Å². The molecule has 2 atom stereocenters. The van der Waals surface area contributed by atoms with Gasteiger partial charge in [-0.25, -0.2) is 0 Å². The van der Waals surface area contributed by atoms with Gasteiger partial charge in [0, 0.05) is 58.4 Å². The average Bonchev–Trinajstić information content (AvgIpc) is 2.45. The number of pyridine rings is 1. The van der Waals surface area contributed by atoms with Crippen molar-refractivity contribution in [2.24, 2.45) is 0 Å². The quantitative estimate of drug-likeness (QED) is 0.655. The van der Waals surface area contributed by atoms with E-state index in [1.165, 1.54) is 6.07 Å². The second kappa shape index (κ2) is 6.62. The molecule has 0 aliphatic heterocycles. The Balaban J connectivity index is 2.31. The molecule has 0 bridgehead atoms. The molecule has 0 amide bonds. The highest BCUT2D eigenvalue weighted by Gasteiger charge is 2.15. The molecule has 1 aromatic heterocycles. The van der Waals surface area contributed by atoms with Crippen LogP contribution in [0.5, 0.6) is 0 Å². The third-order valence-electron chi connectivity index (χ3n) is 3.23. The van der Waals surface area contributed by atoms with Crippen molar-refractivity contribution in [1.29, 1.82) is 0 Å². The Labute approximate surface area is 125 Å². The van der Waals surface area contributed by atoms with Crippen molar-refractivity contribution in [3.63, 3.8) is 0 Å². The minimum Gasteiger partial charge on any atom is -0.382 e. The molecule has 1 N–H and O–H groups in total. The lowest BCUT2D eigenvalue weighted by molar-refractivity contribution is -0.383. The average molecular weight is 307 g/mol. The fourth-order valence-corrected chi connectivity index (χ4v) is 2.83. The van der Waals surface area contributed by atoms with Crippen LogP contribution < -0.4 is 5.32 Å². The van der Waals surface area contributed by atoms with Crippen molar-refractivity contribution in [1.82, 2.24) is 4.98 Å². The summed E-state index contributed by atoms with van der Waals surface area (Å²) in [6.07, 6.45) is 5.61. The van der Waals surface area contributed by atoms with Crippen LogP contribution in [0.4, 0.5) is 11.4 Å². The molecule has 6 nitrogen and oxygen atoms in total. The van der Waals surface area contributed by atoms with Crippen molar-refractivity contribution < 1.29 is 9.13 Å². The summed E-state index contributed by atoms with van der Waals surface area (Å²) in [6.45, 7) is 2.00. The maximum absolute atomic E-state index is 11.1. The molecule has 0 spiro atoms. The van der Waals surface area contributed by atoms with E-state index in [-0.39, 0.29) is 11.7 Å². The zero-order valence-corrected chi connectivity index (χ0v) is 12.7. The Morgan fingerprint density at radius 1 is 1.38 bits per heavy atom. The Hall–Kier alpha value is -2.02. The van der Waals surface area contributed by atoms with Gasteiger partial charge < -0.3 is 5.32 Å². The molecular weight excluding hydrogens is 290 g/mol. The molecule has 0 radical (unpaired) electrons. The zero-order valence-electron chi connectivity index (χ0n) is 11.9. The van der Waals surface area contributed by atoms with Gasteiger partial charge in [0.15, 0.2) is 0 Å². The third kappa shape index (κ3) is 3.75. The van der Waals surface area contributed by atoms with Gasteiger partial charge in [-0.15, -0.1) is 0 Å². The van der Waals surface area contributed by atoms with Crippen molar-refractivity contribution in [2.45, 2.75) is 19.4 Å². The van der Waals surface area contributed by atoms with Gasteiger partial charge in [-0.2, -0.15) is 0 Å². The van der Waals surface area contributed by atoms with Crippen LogP contribution in [0.1, 0.15) is 13.3 Å². The van der Waals surface area contributed by atoms with Crippen molar-refractivity contribution >= 4 is 32.9 Å². The number of hydrogen-bond acceptors (Lipinski definition) is 5. The van der Waals surface area contributed by atoms with E-state index < -0.39 is 15.7 Å². The molecule has 0 aliphatic rings. The topological polar surface area (TPSA) is 85.1 Å². The van der Waals surface area contributed by atoms with Gasteiger partial charge in [0.2, 0.25) is 0 Å². The highest BCUT2D eigenvalue weighted by Crippen LogP contribution is 2.31. The standard InChI is InChI=1S/C14H17N3O3S/c1-10(6-8-21(2)20)16-13-3-4-14(17(18)19)11-5-7-15-9-12(11)13/h3-5,7,9-10,16H,6,8H2,1-2H3. The number of nitro groups is 1. The van der Waals surface area contributed by atoms with Gasteiger partial charge in [-0.05, 0) is 25.5 Å². The Bertz CT molecular complexity index is 690. The van der Waals surface area contributed by atoms with Crippen LogP contribution in [-0.2, 0) is 10.8 Å². The van der Waals surface area contributed by atoms with Crippen LogP contribution in [0.25, 0.3) is 10.8 Å². The van der Waals surface area contributed by atoms with E-state index in [1.807, 2.05) is 6.92 Å². The number of aromatic nitrogens is 1. The van der Waals surface area contributed by atoms with Gasteiger partial charge in [-0.1, -0.05) is 0 Å². The second-order valence-electron chi connectivity index (χ2n) is 4.92. The zero-order chi connectivity index (χ0) is 15.4. The normalized spacial score (nSPS) is 13.8. The summed E-state index contributed by atoms with van der Waals surface area (Å²) in [5.74, 6) is 0.622. The number of non-ortho nitro benzene ring substituents is 1. The molecule has 2 unspecified atom stereocenters. The van der Waals surface area contributed by atoms with E-state index in [2.05, 4.69) is 10.3 Å². The number of nitro benzene ring substituents is 1. The molecule has 21 heavy (non-hydrogen) atoms. The fraction of sp³-hybridized carbons (Fsp3) is 0.357. The molecule has 0 fully saturated rings. The number of rotatable bonds is 6. The third-order valence-corrected chi connectivity index (χ3v) is 4.04. The van der Waals surface area contributed by atoms with E-state index in [0.717, 1.165) is 17.5 Å². The number of benzene rings is 1. The van der Waals surface area contributed by atoms with E-state index in [9.17, 15) is 14.3 Å². The van der Waals surface area contributed by atoms with E-state index >= 15 is 0 Å². The first-order valence-corrected chi connectivity index (χ1v) is 8.29. The number of fused-ring (bicyclic) bond motifs is 1. The van der Waals surface area contributed by atoms with E-state index in [0.29, 0.717) is 11.1 Å². The molecule has 0 saturated carbocycles. The van der Waals surface area contributed by atoms with Gasteiger partial charge in [0.05, 0.1) is 10.3 Å². The fourth-order valence-electron chi connectivity index (χ4n) is 2.14. The first kappa shape index (κ1) is 15.4. The number of hydrogen-bond donors (Lipinski definition) is 1. The Kier molecular flexibility index (Phi) is 4.85. The summed E-state index contributed by atoms with van der Waals surface area (Å²) in [4.78, 5) is 14.7. The molecule has 2 aromatic rings. The van der Waals surface area contributed by atoms with Crippen molar-refractivity contribution in [3.05, 3.63) is 40.7 Å².